The van der Waals surface area contributed by atoms with Crippen LogP contribution in [-0.4, -0.2) is 16.7 Å². The summed E-state index contributed by atoms with van der Waals surface area (Å²) in [5.74, 6) is 2.77. The zero-order valence-electron chi connectivity index (χ0n) is 11.1. The zero-order valence-corrected chi connectivity index (χ0v) is 11.1. The van der Waals surface area contributed by atoms with Gasteiger partial charge in [0.05, 0.1) is 6.04 Å². The molecule has 1 aromatic rings. The number of nitrogens with zero attached hydrogens (tertiary/aromatic N) is 2. The van der Waals surface area contributed by atoms with Crippen LogP contribution in [0.25, 0.3) is 0 Å². The van der Waals surface area contributed by atoms with Crippen LogP contribution in [0.15, 0.2) is 4.42 Å². The van der Waals surface area contributed by atoms with E-state index in [9.17, 15) is 0 Å². The van der Waals surface area contributed by atoms with Crippen molar-refractivity contribution in [1.29, 1.82) is 0 Å². The van der Waals surface area contributed by atoms with Crippen LogP contribution in [0.5, 0.6) is 0 Å². The SMILES string of the molecule is CCCNC(CC)c1nnc(C(C)C2CC2)o1. The topological polar surface area (TPSA) is 51.0 Å². The predicted molar refractivity (Wildman–Crippen MR) is 66.8 cm³/mol. The quantitative estimate of drug-likeness (QED) is 0.792. The minimum atomic E-state index is 0.211. The van der Waals surface area contributed by atoms with E-state index in [4.69, 9.17) is 4.42 Å². The van der Waals surface area contributed by atoms with Crippen molar-refractivity contribution < 1.29 is 4.42 Å². The van der Waals surface area contributed by atoms with E-state index in [1.165, 1.54) is 12.8 Å². The van der Waals surface area contributed by atoms with Gasteiger partial charge in [-0.1, -0.05) is 20.8 Å². The molecule has 1 N–H and O–H groups in total. The fourth-order valence-corrected chi connectivity index (χ4v) is 2.09. The Hall–Kier alpha value is -0.900. The third kappa shape index (κ3) is 3.06. The maximum atomic E-state index is 5.81. The van der Waals surface area contributed by atoms with Gasteiger partial charge in [0, 0.05) is 5.92 Å². The molecule has 0 saturated heterocycles. The molecule has 4 nitrogen and oxygen atoms in total. The molecule has 0 aliphatic heterocycles. The van der Waals surface area contributed by atoms with Crippen LogP contribution in [0.1, 0.15) is 70.2 Å². The molecule has 0 bridgehead atoms. The zero-order chi connectivity index (χ0) is 12.3. The van der Waals surface area contributed by atoms with Gasteiger partial charge in [-0.2, -0.15) is 0 Å². The summed E-state index contributed by atoms with van der Waals surface area (Å²) in [6.07, 6.45) is 4.73. The highest BCUT2D eigenvalue weighted by molar-refractivity contribution is 4.99. The highest BCUT2D eigenvalue weighted by Crippen LogP contribution is 2.41. The van der Waals surface area contributed by atoms with Crippen LogP contribution in [0.2, 0.25) is 0 Å². The maximum absolute atomic E-state index is 5.81. The second-order valence-corrected chi connectivity index (χ2v) is 5.02. The van der Waals surface area contributed by atoms with Gasteiger partial charge >= 0.3 is 0 Å². The van der Waals surface area contributed by atoms with E-state index < -0.39 is 0 Å². The van der Waals surface area contributed by atoms with E-state index in [0.29, 0.717) is 5.92 Å². The first-order chi connectivity index (χ1) is 8.26. The summed E-state index contributed by atoms with van der Waals surface area (Å²) in [5, 5.41) is 11.8. The van der Waals surface area contributed by atoms with Gasteiger partial charge in [-0.15, -0.1) is 10.2 Å². The van der Waals surface area contributed by atoms with Gasteiger partial charge in [0.2, 0.25) is 11.8 Å². The van der Waals surface area contributed by atoms with Gasteiger partial charge in [0.15, 0.2) is 0 Å². The second-order valence-electron chi connectivity index (χ2n) is 5.02. The van der Waals surface area contributed by atoms with Gasteiger partial charge in [0.25, 0.3) is 0 Å². The number of nitrogens with one attached hydrogen (secondary N) is 1. The third-order valence-corrected chi connectivity index (χ3v) is 3.52. The van der Waals surface area contributed by atoms with E-state index in [2.05, 4.69) is 36.3 Å². The Morgan fingerprint density at radius 2 is 2.00 bits per heavy atom. The summed E-state index contributed by atoms with van der Waals surface area (Å²) in [5.41, 5.74) is 0. The van der Waals surface area contributed by atoms with Crippen LogP contribution in [0.3, 0.4) is 0 Å². The summed E-state index contributed by atoms with van der Waals surface area (Å²) in [7, 11) is 0. The molecule has 0 amide bonds. The van der Waals surface area contributed by atoms with Crippen molar-refractivity contribution >= 4 is 0 Å². The van der Waals surface area contributed by atoms with E-state index >= 15 is 0 Å². The smallest absolute Gasteiger partial charge is 0.233 e. The molecule has 2 unspecified atom stereocenters. The van der Waals surface area contributed by atoms with Crippen molar-refractivity contribution in [2.75, 3.05) is 6.54 Å². The molecule has 0 spiro atoms. The second kappa shape index (κ2) is 5.63. The maximum Gasteiger partial charge on any atom is 0.233 e. The Morgan fingerprint density at radius 1 is 1.29 bits per heavy atom. The van der Waals surface area contributed by atoms with Gasteiger partial charge in [0.1, 0.15) is 0 Å². The number of hydrogen-bond acceptors (Lipinski definition) is 4. The average Bonchev–Trinajstić information content (AvgIpc) is 3.08. The fraction of sp³-hybridized carbons (Fsp3) is 0.846. The van der Waals surface area contributed by atoms with Gasteiger partial charge in [-0.05, 0) is 38.1 Å². The van der Waals surface area contributed by atoms with E-state index in [1.807, 2.05) is 0 Å². The Balaban J connectivity index is 1.99. The molecule has 1 aliphatic carbocycles. The highest BCUT2D eigenvalue weighted by Gasteiger charge is 2.32. The minimum Gasteiger partial charge on any atom is -0.423 e. The molecule has 0 radical (unpaired) electrons. The lowest BCUT2D eigenvalue weighted by molar-refractivity contribution is 0.355. The Bertz CT molecular complexity index is 346. The lowest BCUT2D eigenvalue weighted by atomic mass is 10.1. The van der Waals surface area contributed by atoms with E-state index in [0.717, 1.165) is 37.1 Å². The highest BCUT2D eigenvalue weighted by atomic mass is 16.4. The normalized spacial score (nSPS) is 19.2. The van der Waals surface area contributed by atoms with Crippen molar-refractivity contribution in [3.8, 4) is 0 Å². The van der Waals surface area contributed by atoms with Gasteiger partial charge in [-0.3, -0.25) is 0 Å². The number of hydrogen-bond donors (Lipinski definition) is 1. The van der Waals surface area contributed by atoms with E-state index in [-0.39, 0.29) is 6.04 Å². The minimum absolute atomic E-state index is 0.211. The Morgan fingerprint density at radius 3 is 2.59 bits per heavy atom. The monoisotopic (exact) mass is 237 g/mol. The molecule has 2 rings (SSSR count). The molecule has 0 aromatic carbocycles. The summed E-state index contributed by atoms with van der Waals surface area (Å²) >= 11 is 0. The summed E-state index contributed by atoms with van der Waals surface area (Å²) in [4.78, 5) is 0. The molecule has 1 aromatic heterocycles. The van der Waals surface area contributed by atoms with Crippen molar-refractivity contribution in [1.82, 2.24) is 15.5 Å². The van der Waals surface area contributed by atoms with Crippen LogP contribution < -0.4 is 5.32 Å². The molecule has 1 fully saturated rings. The predicted octanol–water partition coefficient (Wildman–Crippen LogP) is 3.03. The molecule has 2 atom stereocenters. The van der Waals surface area contributed by atoms with Crippen molar-refractivity contribution in [3.63, 3.8) is 0 Å². The molecule has 17 heavy (non-hydrogen) atoms. The molecule has 1 saturated carbocycles. The largest absolute Gasteiger partial charge is 0.423 e. The van der Waals surface area contributed by atoms with Crippen molar-refractivity contribution in [3.05, 3.63) is 11.8 Å². The molecule has 1 aliphatic rings. The standard InChI is InChI=1S/C13H23N3O/c1-4-8-14-11(5-2)13-16-15-12(17-13)9(3)10-6-7-10/h9-11,14H,4-8H2,1-3H3. The summed E-state index contributed by atoms with van der Waals surface area (Å²) in [6.45, 7) is 7.49. The van der Waals surface area contributed by atoms with Crippen molar-refractivity contribution in [2.24, 2.45) is 5.92 Å². The molecular weight excluding hydrogens is 214 g/mol. The summed E-state index contributed by atoms with van der Waals surface area (Å²) in [6, 6.07) is 0.211. The van der Waals surface area contributed by atoms with Crippen LogP contribution in [0.4, 0.5) is 0 Å². The third-order valence-electron chi connectivity index (χ3n) is 3.52. The number of rotatable bonds is 7. The fourth-order valence-electron chi connectivity index (χ4n) is 2.09. The van der Waals surface area contributed by atoms with Gasteiger partial charge in [-0.25, -0.2) is 0 Å². The van der Waals surface area contributed by atoms with Crippen LogP contribution in [-0.2, 0) is 0 Å². The Labute approximate surface area is 103 Å². The van der Waals surface area contributed by atoms with E-state index in [1.54, 1.807) is 0 Å². The molecule has 4 heteroatoms. The van der Waals surface area contributed by atoms with Gasteiger partial charge < -0.3 is 9.73 Å². The van der Waals surface area contributed by atoms with Crippen LogP contribution >= 0.6 is 0 Å². The van der Waals surface area contributed by atoms with Crippen molar-refractivity contribution in [2.45, 2.75) is 58.4 Å². The first-order valence-corrected chi connectivity index (χ1v) is 6.82. The molecular formula is C13H23N3O. The van der Waals surface area contributed by atoms with Crippen LogP contribution in [0, 0.1) is 5.92 Å². The summed E-state index contributed by atoms with van der Waals surface area (Å²) < 4.78 is 5.81. The number of aromatic nitrogens is 2. The first-order valence-electron chi connectivity index (χ1n) is 6.82. The lowest BCUT2D eigenvalue weighted by Gasteiger charge is -2.11. The lowest BCUT2D eigenvalue weighted by Crippen LogP contribution is -2.21. The molecule has 1 heterocycles. The first kappa shape index (κ1) is 12.6. The molecule has 96 valence electrons. The Kier molecular flexibility index (Phi) is 4.15. The average molecular weight is 237 g/mol.